The van der Waals surface area contributed by atoms with Gasteiger partial charge in [-0.15, -0.1) is 0 Å². The van der Waals surface area contributed by atoms with Crippen LogP contribution in [0.3, 0.4) is 0 Å². The third-order valence-electron chi connectivity index (χ3n) is 2.36. The fraction of sp³-hybridized carbons (Fsp3) is 0.500. The quantitative estimate of drug-likeness (QED) is 0.763. The molecule has 0 radical (unpaired) electrons. The Balaban J connectivity index is 2.51. The van der Waals surface area contributed by atoms with E-state index in [0.29, 0.717) is 5.75 Å². The third kappa shape index (κ3) is 3.81. The number of rotatable bonds is 6. The summed E-state index contributed by atoms with van der Waals surface area (Å²) < 4.78 is 10.5. The van der Waals surface area contributed by atoms with Gasteiger partial charge in [0.05, 0.1) is 12.7 Å². The van der Waals surface area contributed by atoms with Gasteiger partial charge < -0.3 is 19.7 Å². The maximum Gasteiger partial charge on any atom is 0.119 e. The molecule has 2 unspecified atom stereocenters. The molecule has 0 aromatic heterocycles. The summed E-state index contributed by atoms with van der Waals surface area (Å²) in [6, 6.07) is 7.45. The van der Waals surface area contributed by atoms with E-state index in [1.54, 1.807) is 7.11 Å². The zero-order valence-electron chi connectivity index (χ0n) is 9.59. The molecule has 0 spiro atoms. The van der Waals surface area contributed by atoms with Crippen molar-refractivity contribution in [2.24, 2.45) is 0 Å². The van der Waals surface area contributed by atoms with Crippen LogP contribution in [0.15, 0.2) is 24.3 Å². The van der Waals surface area contributed by atoms with Crippen molar-refractivity contribution < 1.29 is 19.7 Å². The van der Waals surface area contributed by atoms with Gasteiger partial charge in [-0.3, -0.25) is 0 Å². The lowest BCUT2D eigenvalue weighted by Crippen LogP contribution is -2.21. The summed E-state index contributed by atoms with van der Waals surface area (Å²) in [5.74, 6) is 0.666. The van der Waals surface area contributed by atoms with Crippen LogP contribution in [0.5, 0.6) is 5.75 Å². The van der Waals surface area contributed by atoms with Gasteiger partial charge in [-0.25, -0.2) is 0 Å². The molecule has 2 atom stereocenters. The minimum absolute atomic E-state index is 0.0529. The molecule has 2 N–H and O–H groups in total. The predicted octanol–water partition coefficient (Wildman–Crippen LogP) is 1.13. The molecule has 4 heteroatoms. The zero-order chi connectivity index (χ0) is 12.0. The van der Waals surface area contributed by atoms with Crippen LogP contribution >= 0.6 is 0 Å². The van der Waals surface area contributed by atoms with Crippen LogP contribution < -0.4 is 4.74 Å². The first kappa shape index (κ1) is 13.0. The molecule has 0 aliphatic rings. The lowest BCUT2D eigenvalue weighted by molar-refractivity contribution is 0.0535. The van der Waals surface area contributed by atoms with Gasteiger partial charge in [0, 0.05) is 7.11 Å². The monoisotopic (exact) mass is 226 g/mol. The van der Waals surface area contributed by atoms with E-state index in [2.05, 4.69) is 0 Å². The average Bonchev–Trinajstić information content (AvgIpc) is 2.35. The molecular formula is C12H18O4. The van der Waals surface area contributed by atoms with Crippen LogP contribution in [0.1, 0.15) is 18.6 Å². The lowest BCUT2D eigenvalue weighted by Gasteiger charge is -2.12. The summed E-state index contributed by atoms with van der Waals surface area (Å²) in [5.41, 5.74) is 1.07. The SMILES string of the molecule is COC(C)c1ccc(OCC(O)CO)cc1. The molecule has 1 aromatic carbocycles. The molecule has 0 amide bonds. The number of aliphatic hydroxyl groups is 2. The summed E-state index contributed by atoms with van der Waals surface area (Å²) in [6.45, 7) is 1.76. The molecule has 1 aromatic rings. The van der Waals surface area contributed by atoms with Crippen molar-refractivity contribution in [1.29, 1.82) is 0 Å². The van der Waals surface area contributed by atoms with Crippen LogP contribution in [0.4, 0.5) is 0 Å². The third-order valence-corrected chi connectivity index (χ3v) is 2.36. The van der Waals surface area contributed by atoms with Gasteiger partial charge in [0.2, 0.25) is 0 Å². The number of hydrogen-bond donors (Lipinski definition) is 2. The Hall–Kier alpha value is -1.10. The summed E-state index contributed by atoms with van der Waals surface area (Å²) in [7, 11) is 1.66. The summed E-state index contributed by atoms with van der Waals surface area (Å²) in [5, 5.41) is 17.7. The Labute approximate surface area is 95.4 Å². The second-order valence-electron chi connectivity index (χ2n) is 3.59. The smallest absolute Gasteiger partial charge is 0.119 e. The van der Waals surface area contributed by atoms with Crippen LogP contribution in [-0.4, -0.2) is 36.6 Å². The molecule has 16 heavy (non-hydrogen) atoms. The predicted molar refractivity (Wildman–Crippen MR) is 60.5 cm³/mol. The highest BCUT2D eigenvalue weighted by Crippen LogP contribution is 2.19. The van der Waals surface area contributed by atoms with Gasteiger partial charge in [0.25, 0.3) is 0 Å². The van der Waals surface area contributed by atoms with E-state index < -0.39 is 6.10 Å². The van der Waals surface area contributed by atoms with Crippen molar-refractivity contribution in [3.63, 3.8) is 0 Å². The molecule has 4 nitrogen and oxygen atoms in total. The molecule has 0 fully saturated rings. The van der Waals surface area contributed by atoms with Gasteiger partial charge in [0.1, 0.15) is 18.5 Å². The standard InChI is InChI=1S/C12H18O4/c1-9(15-2)10-3-5-12(6-4-10)16-8-11(14)7-13/h3-6,9,11,13-14H,7-8H2,1-2H3. The minimum Gasteiger partial charge on any atom is -0.491 e. The van der Waals surface area contributed by atoms with Crippen molar-refractivity contribution in [3.05, 3.63) is 29.8 Å². The molecular weight excluding hydrogens is 208 g/mol. The van der Waals surface area contributed by atoms with Gasteiger partial charge in [-0.1, -0.05) is 12.1 Å². The van der Waals surface area contributed by atoms with Gasteiger partial charge in [-0.05, 0) is 24.6 Å². The highest BCUT2D eigenvalue weighted by Gasteiger charge is 2.05. The Bertz CT molecular complexity index is 296. The van der Waals surface area contributed by atoms with E-state index in [0.717, 1.165) is 5.56 Å². The van der Waals surface area contributed by atoms with Crippen molar-refractivity contribution in [2.75, 3.05) is 20.3 Å². The first-order valence-corrected chi connectivity index (χ1v) is 5.22. The first-order chi connectivity index (χ1) is 7.67. The highest BCUT2D eigenvalue weighted by atomic mass is 16.5. The van der Waals surface area contributed by atoms with E-state index in [1.165, 1.54) is 0 Å². The van der Waals surface area contributed by atoms with Crippen molar-refractivity contribution in [2.45, 2.75) is 19.1 Å². The summed E-state index contributed by atoms with van der Waals surface area (Å²) >= 11 is 0. The van der Waals surface area contributed by atoms with Crippen LogP contribution in [0, 0.1) is 0 Å². The molecule has 1 rings (SSSR count). The van der Waals surface area contributed by atoms with Crippen LogP contribution in [0.2, 0.25) is 0 Å². The molecule has 0 heterocycles. The van der Waals surface area contributed by atoms with E-state index in [1.807, 2.05) is 31.2 Å². The summed E-state index contributed by atoms with van der Waals surface area (Å²) in [4.78, 5) is 0. The van der Waals surface area contributed by atoms with E-state index in [-0.39, 0.29) is 19.3 Å². The largest absolute Gasteiger partial charge is 0.491 e. The zero-order valence-corrected chi connectivity index (χ0v) is 9.59. The number of methoxy groups -OCH3 is 1. The maximum absolute atomic E-state index is 9.11. The molecule has 0 aliphatic heterocycles. The number of aliphatic hydroxyl groups excluding tert-OH is 2. The Morgan fingerprint density at radius 3 is 2.38 bits per heavy atom. The van der Waals surface area contributed by atoms with Crippen molar-refractivity contribution in [3.8, 4) is 5.75 Å². The van der Waals surface area contributed by atoms with Crippen LogP contribution in [-0.2, 0) is 4.74 Å². The van der Waals surface area contributed by atoms with Crippen LogP contribution in [0.25, 0.3) is 0 Å². The van der Waals surface area contributed by atoms with E-state index in [9.17, 15) is 0 Å². The number of benzene rings is 1. The normalized spacial score (nSPS) is 14.5. The topological polar surface area (TPSA) is 58.9 Å². The molecule has 0 saturated carbocycles. The van der Waals surface area contributed by atoms with E-state index in [4.69, 9.17) is 19.7 Å². The van der Waals surface area contributed by atoms with Gasteiger partial charge in [0.15, 0.2) is 0 Å². The molecule has 0 bridgehead atoms. The molecule has 90 valence electrons. The Morgan fingerprint density at radius 1 is 1.25 bits per heavy atom. The van der Waals surface area contributed by atoms with Crippen molar-refractivity contribution in [1.82, 2.24) is 0 Å². The van der Waals surface area contributed by atoms with Gasteiger partial charge in [-0.2, -0.15) is 0 Å². The fourth-order valence-corrected chi connectivity index (χ4v) is 1.22. The second kappa shape index (κ2) is 6.48. The maximum atomic E-state index is 9.11. The number of hydrogen-bond acceptors (Lipinski definition) is 4. The molecule has 0 saturated heterocycles. The lowest BCUT2D eigenvalue weighted by atomic mass is 10.1. The van der Waals surface area contributed by atoms with Crippen molar-refractivity contribution >= 4 is 0 Å². The number of ether oxygens (including phenoxy) is 2. The average molecular weight is 226 g/mol. The summed E-state index contributed by atoms with van der Waals surface area (Å²) in [6.07, 6.45) is -0.783. The fourth-order valence-electron chi connectivity index (χ4n) is 1.22. The highest BCUT2D eigenvalue weighted by molar-refractivity contribution is 5.28. The molecule has 0 aliphatic carbocycles. The Kier molecular flexibility index (Phi) is 5.25. The first-order valence-electron chi connectivity index (χ1n) is 5.22. The minimum atomic E-state index is -0.836. The van der Waals surface area contributed by atoms with E-state index >= 15 is 0 Å². The Morgan fingerprint density at radius 2 is 1.88 bits per heavy atom. The second-order valence-corrected chi connectivity index (χ2v) is 3.59. The van der Waals surface area contributed by atoms with Gasteiger partial charge >= 0.3 is 0 Å².